The molecule has 0 heterocycles. The molecule has 0 rings (SSSR count). The molecule has 264 valence electrons. The van der Waals surface area contributed by atoms with Crippen molar-refractivity contribution in [2.45, 2.75) is 141 Å². The van der Waals surface area contributed by atoms with E-state index in [-0.39, 0.29) is 86.7 Å². The second kappa shape index (κ2) is 60.2. The molecule has 12 heteroatoms. The fraction of sp³-hybridized carbons (Fsp3) is 0.875. The van der Waals surface area contributed by atoms with Crippen LogP contribution in [-0.2, 0) is 53.8 Å². The van der Waals surface area contributed by atoms with E-state index in [9.17, 15) is 9.59 Å². The first-order chi connectivity index (χ1) is 19.2. The summed E-state index contributed by atoms with van der Waals surface area (Å²) in [6.07, 6.45) is 19.4. The summed E-state index contributed by atoms with van der Waals surface area (Å²) in [6.45, 7) is 17.7. The zero-order valence-electron chi connectivity index (χ0n) is 29.0. The summed E-state index contributed by atoms with van der Waals surface area (Å²) in [6, 6.07) is 0. The van der Waals surface area contributed by atoms with E-state index < -0.39 is 10.5 Å². The summed E-state index contributed by atoms with van der Waals surface area (Å²) in [5, 5.41) is -0.875. The van der Waals surface area contributed by atoms with E-state index >= 15 is 0 Å². The van der Waals surface area contributed by atoms with Gasteiger partial charge < -0.3 is 44.2 Å². The molecule has 44 heavy (non-hydrogen) atoms. The number of hydrogen-bond donors (Lipinski definition) is 0. The predicted molar refractivity (Wildman–Crippen MR) is 208 cm³/mol. The normalized spacial score (nSPS) is 10.4. The summed E-state index contributed by atoms with van der Waals surface area (Å²) >= 11 is 9.41. The molecule has 0 N–H and O–H groups in total. The SMILES string of the molecule is COCCCCOC(=O)C(C)[S-].COCCCCOC(=O)C(C)[S-].S.S.[CH2]CCCCCCC.[CH2]CCCCCCC.[Sn+2].[Sn]. The topological polar surface area (TPSA) is 71.1 Å². The average molecular weight is 915 g/mol. The minimum Gasteiger partial charge on any atom is -0.778 e. The van der Waals surface area contributed by atoms with Crippen LogP contribution in [0, 0.1) is 13.8 Å². The van der Waals surface area contributed by atoms with Crippen LogP contribution in [0.1, 0.15) is 130 Å². The molecule has 0 saturated carbocycles. The van der Waals surface area contributed by atoms with E-state index in [1.54, 1.807) is 28.1 Å². The van der Waals surface area contributed by atoms with Crippen LogP contribution in [0.25, 0.3) is 0 Å². The van der Waals surface area contributed by atoms with Crippen molar-refractivity contribution in [2.75, 3.05) is 40.6 Å². The molecule has 0 spiro atoms. The summed E-state index contributed by atoms with van der Waals surface area (Å²) in [5.74, 6) is -0.607. The molecule has 0 aliphatic carbocycles. The monoisotopic (exact) mass is 916 g/mol. The third-order valence-electron chi connectivity index (χ3n) is 5.35. The van der Waals surface area contributed by atoms with Gasteiger partial charge in [-0.2, -0.15) is 27.0 Å². The van der Waals surface area contributed by atoms with Gasteiger partial charge in [0.15, 0.2) is 0 Å². The average Bonchev–Trinajstić information content (AvgIpc) is 2.94. The number of carbonyl (C=O) groups excluding carboxylic acids is 2. The van der Waals surface area contributed by atoms with Gasteiger partial charge in [-0.3, -0.25) is 9.59 Å². The summed E-state index contributed by atoms with van der Waals surface area (Å²) in [7, 11) is 3.30. The molecule has 0 aliphatic rings. The van der Waals surface area contributed by atoms with Crippen molar-refractivity contribution < 1.29 is 28.5 Å². The van der Waals surface area contributed by atoms with Gasteiger partial charge in [0.05, 0.1) is 13.2 Å². The number of carbonyl (C=O) groups is 2. The van der Waals surface area contributed by atoms with Gasteiger partial charge in [0, 0.05) is 51.3 Å². The smallest absolute Gasteiger partial charge is 0.778 e. The van der Waals surface area contributed by atoms with Gasteiger partial charge in [-0.15, -0.1) is 0 Å². The van der Waals surface area contributed by atoms with E-state index in [1.807, 2.05) is 0 Å². The number of unbranched alkanes of at least 4 members (excludes halogenated alkanes) is 12. The Kier molecular flexibility index (Phi) is 88.1. The number of ether oxygens (including phenoxy) is 4. The predicted octanol–water partition coefficient (Wildman–Crippen LogP) is 7.61. The fourth-order valence-electron chi connectivity index (χ4n) is 2.84. The molecule has 6 nitrogen and oxygen atoms in total. The summed E-state index contributed by atoms with van der Waals surface area (Å²) < 4.78 is 19.4. The van der Waals surface area contributed by atoms with Crippen molar-refractivity contribution in [1.29, 1.82) is 0 Å². The van der Waals surface area contributed by atoms with Crippen LogP contribution in [0.5, 0.6) is 0 Å². The first-order valence-corrected chi connectivity index (χ1v) is 16.3. The third kappa shape index (κ3) is 70.3. The zero-order chi connectivity index (χ0) is 31.3. The van der Waals surface area contributed by atoms with Crippen molar-refractivity contribution in [3.05, 3.63) is 13.8 Å². The standard InChI is InChI=1S/2C8H16O3S.2C8H17.2H2S.2Sn/c2*1-7(12)8(9)11-6-4-3-5-10-2;2*1-3-5-7-8-6-4-2;;;;/h2*7,12H,3-6H2,1-2H3;2*1,3-8H2,2H3;2*1H2;;/q;;;;;;;+2/p-2. The van der Waals surface area contributed by atoms with Crippen LogP contribution < -0.4 is 0 Å². The third-order valence-corrected chi connectivity index (χ3v) is 5.73. The Labute approximate surface area is 333 Å². The second-order valence-electron chi connectivity index (χ2n) is 9.55. The second-order valence-corrected chi connectivity index (χ2v) is 11.0. The number of hydrogen-bond acceptors (Lipinski definition) is 8. The Balaban J connectivity index is -0.0000000646. The molecule has 0 bridgehead atoms. The van der Waals surface area contributed by atoms with Gasteiger partial charge in [-0.05, 0) is 25.7 Å². The van der Waals surface area contributed by atoms with Crippen molar-refractivity contribution in [3.63, 3.8) is 0 Å². The van der Waals surface area contributed by atoms with Crippen molar-refractivity contribution >= 4 is 112 Å². The fourth-order valence-corrected chi connectivity index (χ4v) is 2.97. The molecule has 2 unspecified atom stereocenters. The van der Waals surface area contributed by atoms with Crippen LogP contribution in [0.2, 0.25) is 0 Å². The molecule has 0 fully saturated rings. The van der Waals surface area contributed by atoms with Crippen molar-refractivity contribution in [3.8, 4) is 0 Å². The van der Waals surface area contributed by atoms with E-state index in [0.717, 1.165) is 38.5 Å². The van der Waals surface area contributed by atoms with E-state index in [1.165, 1.54) is 64.2 Å². The molecule has 0 aliphatic heterocycles. The largest absolute Gasteiger partial charge is 2.00 e. The van der Waals surface area contributed by atoms with E-state index in [4.69, 9.17) is 44.2 Å². The molecular weight excluding hydrogens is 846 g/mol. The Morgan fingerprint density at radius 1 is 0.568 bits per heavy atom. The maximum Gasteiger partial charge on any atom is 2.00 e. The molecule has 0 aromatic rings. The molecule has 0 amide bonds. The van der Waals surface area contributed by atoms with Crippen molar-refractivity contribution in [1.82, 2.24) is 0 Å². The molecule has 8 radical (unpaired) electrons. The van der Waals surface area contributed by atoms with Crippen molar-refractivity contribution in [2.24, 2.45) is 0 Å². The first kappa shape index (κ1) is 64.4. The van der Waals surface area contributed by atoms with Gasteiger partial charge in [0.25, 0.3) is 11.9 Å². The Bertz CT molecular complexity index is 442. The van der Waals surface area contributed by atoms with Crippen LogP contribution in [0.15, 0.2) is 0 Å². The minimum atomic E-state index is -0.438. The molecular formula is C32H68O6S4Sn2. The maximum atomic E-state index is 10.8. The summed E-state index contributed by atoms with van der Waals surface area (Å²) in [5.41, 5.74) is 0. The Morgan fingerprint density at radius 3 is 1.07 bits per heavy atom. The van der Waals surface area contributed by atoms with E-state index in [2.05, 4.69) is 27.7 Å². The van der Waals surface area contributed by atoms with E-state index in [0.29, 0.717) is 26.4 Å². The zero-order valence-corrected chi connectivity index (χ0v) is 38.3. The Morgan fingerprint density at radius 2 is 0.841 bits per heavy atom. The molecule has 0 aromatic carbocycles. The van der Waals surface area contributed by atoms with Crippen LogP contribution >= 0.6 is 27.0 Å². The Hall–Kier alpha value is 1.86. The molecule has 0 saturated heterocycles. The van der Waals surface area contributed by atoms with Crippen LogP contribution in [0.3, 0.4) is 0 Å². The van der Waals surface area contributed by atoms with Crippen LogP contribution in [0.4, 0.5) is 0 Å². The van der Waals surface area contributed by atoms with Gasteiger partial charge in [0.2, 0.25) is 0 Å². The van der Waals surface area contributed by atoms with Gasteiger partial charge >= 0.3 is 23.9 Å². The van der Waals surface area contributed by atoms with Gasteiger partial charge in [-0.1, -0.05) is 129 Å². The van der Waals surface area contributed by atoms with Gasteiger partial charge in [0.1, 0.15) is 0 Å². The molecule has 0 aromatic heterocycles. The first-order valence-electron chi connectivity index (χ1n) is 15.4. The summed E-state index contributed by atoms with van der Waals surface area (Å²) in [4.78, 5) is 21.6. The number of rotatable bonds is 22. The van der Waals surface area contributed by atoms with Crippen LogP contribution in [-0.4, -0.2) is 111 Å². The number of esters is 2. The van der Waals surface area contributed by atoms with Gasteiger partial charge in [-0.25, -0.2) is 0 Å². The molecule has 2 atom stereocenters. The minimum absolute atomic E-state index is 0. The quantitative estimate of drug-likeness (QED) is 0.0477. The number of methoxy groups -OCH3 is 2. The maximum absolute atomic E-state index is 10.8.